The third kappa shape index (κ3) is 3.21. The molecule has 0 radical (unpaired) electrons. The van der Waals surface area contributed by atoms with Gasteiger partial charge in [0, 0.05) is 18.2 Å². The van der Waals surface area contributed by atoms with Crippen LogP contribution in [0.25, 0.3) is 33.4 Å². The van der Waals surface area contributed by atoms with Crippen LogP contribution in [0.3, 0.4) is 0 Å². The van der Waals surface area contributed by atoms with Gasteiger partial charge in [0.25, 0.3) is 0 Å². The zero-order valence-electron chi connectivity index (χ0n) is 14.9. The normalized spacial score (nSPS) is 10.8. The van der Waals surface area contributed by atoms with E-state index in [1.165, 1.54) is 6.92 Å². The topological polar surface area (TPSA) is 108 Å². The van der Waals surface area contributed by atoms with Crippen LogP contribution in [-0.4, -0.2) is 32.2 Å². The molecule has 0 spiro atoms. The Bertz CT molecular complexity index is 1180. The Kier molecular flexibility index (Phi) is 4.33. The van der Waals surface area contributed by atoms with E-state index in [0.717, 1.165) is 22.2 Å². The average Bonchev–Trinajstić information content (AvgIpc) is 3.12. The average molecular weight is 372 g/mol. The zero-order valence-corrected chi connectivity index (χ0v) is 14.9. The molecule has 0 aliphatic carbocycles. The number of anilines is 1. The van der Waals surface area contributed by atoms with E-state index >= 15 is 0 Å². The molecule has 138 valence electrons. The lowest BCUT2D eigenvalue weighted by Gasteiger charge is -2.09. The maximum atomic E-state index is 11.5. The zero-order chi connectivity index (χ0) is 19.7. The minimum atomic E-state index is -1.12. The van der Waals surface area contributed by atoms with E-state index < -0.39 is 5.97 Å². The number of benzene rings is 2. The second kappa shape index (κ2) is 6.96. The van der Waals surface area contributed by atoms with E-state index in [1.54, 1.807) is 18.2 Å². The molecule has 0 atom stereocenters. The summed E-state index contributed by atoms with van der Waals surface area (Å²) < 4.78 is 0. The molecule has 0 saturated heterocycles. The number of carboxylic acid groups (broad SMARTS) is 1. The van der Waals surface area contributed by atoms with Crippen molar-refractivity contribution >= 4 is 28.6 Å². The number of rotatable bonds is 4. The Hall–Kier alpha value is -4.00. The van der Waals surface area contributed by atoms with Crippen LogP contribution in [0, 0.1) is 0 Å². The Balaban J connectivity index is 1.93. The maximum Gasteiger partial charge on any atom is 0.354 e. The van der Waals surface area contributed by atoms with Gasteiger partial charge in [0.05, 0.1) is 11.1 Å². The molecule has 7 nitrogen and oxygen atoms in total. The van der Waals surface area contributed by atoms with Crippen molar-refractivity contribution in [2.24, 2.45) is 0 Å². The summed E-state index contributed by atoms with van der Waals surface area (Å²) in [6, 6.07) is 18.4. The second-order valence-corrected chi connectivity index (χ2v) is 6.28. The third-order valence-electron chi connectivity index (χ3n) is 4.32. The highest BCUT2D eigenvalue weighted by molar-refractivity contribution is 6.05. The Labute approximate surface area is 160 Å². The number of H-pyrrole nitrogens is 1. The van der Waals surface area contributed by atoms with Gasteiger partial charge in [0.15, 0.2) is 11.3 Å². The van der Waals surface area contributed by atoms with Crippen molar-refractivity contribution in [1.82, 2.24) is 15.2 Å². The number of nitrogens with zero attached hydrogens (tertiary/aromatic N) is 2. The monoisotopic (exact) mass is 372 g/mol. The largest absolute Gasteiger partial charge is 0.477 e. The highest BCUT2D eigenvalue weighted by Gasteiger charge is 2.18. The van der Waals surface area contributed by atoms with Crippen LogP contribution in [0.1, 0.15) is 17.4 Å². The van der Waals surface area contributed by atoms with Crippen LogP contribution in [-0.2, 0) is 4.79 Å². The van der Waals surface area contributed by atoms with Crippen molar-refractivity contribution in [3.63, 3.8) is 0 Å². The number of carbonyl (C=O) groups is 2. The highest BCUT2D eigenvalue weighted by Crippen LogP contribution is 2.35. The van der Waals surface area contributed by atoms with Gasteiger partial charge in [0.1, 0.15) is 0 Å². The smallest absolute Gasteiger partial charge is 0.354 e. The fourth-order valence-corrected chi connectivity index (χ4v) is 3.11. The maximum absolute atomic E-state index is 11.5. The van der Waals surface area contributed by atoms with Crippen molar-refractivity contribution in [3.05, 3.63) is 66.4 Å². The summed E-state index contributed by atoms with van der Waals surface area (Å²) in [5.41, 5.74) is 4.09. The van der Waals surface area contributed by atoms with Crippen LogP contribution >= 0.6 is 0 Å². The van der Waals surface area contributed by atoms with Crippen LogP contribution in [0.5, 0.6) is 0 Å². The van der Waals surface area contributed by atoms with Crippen LogP contribution < -0.4 is 5.32 Å². The van der Waals surface area contributed by atoms with Crippen LogP contribution in [0.4, 0.5) is 5.69 Å². The molecule has 2 heterocycles. The molecular formula is C21H16N4O3. The molecule has 2 aromatic carbocycles. The summed E-state index contributed by atoms with van der Waals surface area (Å²) >= 11 is 0. The van der Waals surface area contributed by atoms with Crippen LogP contribution in [0.2, 0.25) is 0 Å². The molecule has 0 aliphatic heterocycles. The molecule has 0 fully saturated rings. The van der Waals surface area contributed by atoms with Gasteiger partial charge in [0.2, 0.25) is 5.91 Å². The summed E-state index contributed by atoms with van der Waals surface area (Å²) in [7, 11) is 0. The molecule has 2 aromatic heterocycles. The van der Waals surface area contributed by atoms with Gasteiger partial charge in [-0.25, -0.2) is 9.78 Å². The molecule has 0 unspecified atom stereocenters. The molecule has 1 amide bonds. The molecule has 0 bridgehead atoms. The SMILES string of the molecule is CC(=O)Nc1ccc(-c2cc(C(=O)O)nc3n[nH]c(-c4ccccc4)c23)cc1. The van der Waals surface area contributed by atoms with Crippen molar-refractivity contribution in [2.45, 2.75) is 6.92 Å². The summed E-state index contributed by atoms with van der Waals surface area (Å²) in [4.78, 5) is 26.9. The molecule has 0 saturated carbocycles. The number of hydrogen-bond donors (Lipinski definition) is 3. The molecule has 7 heteroatoms. The number of amides is 1. The van der Waals surface area contributed by atoms with E-state index in [2.05, 4.69) is 20.5 Å². The fraction of sp³-hybridized carbons (Fsp3) is 0.0476. The molecule has 4 rings (SSSR count). The van der Waals surface area contributed by atoms with Gasteiger partial charge >= 0.3 is 5.97 Å². The number of aromatic amines is 1. The number of fused-ring (bicyclic) bond motifs is 1. The van der Waals surface area contributed by atoms with E-state index in [4.69, 9.17) is 0 Å². The van der Waals surface area contributed by atoms with Gasteiger partial charge in [-0.15, -0.1) is 0 Å². The van der Waals surface area contributed by atoms with Gasteiger partial charge in [-0.3, -0.25) is 9.89 Å². The summed E-state index contributed by atoms with van der Waals surface area (Å²) in [6.07, 6.45) is 0. The predicted molar refractivity (Wildman–Crippen MR) is 106 cm³/mol. The van der Waals surface area contributed by atoms with Gasteiger partial charge in [-0.05, 0) is 29.3 Å². The lowest BCUT2D eigenvalue weighted by Crippen LogP contribution is -2.05. The van der Waals surface area contributed by atoms with E-state index in [0.29, 0.717) is 16.9 Å². The summed E-state index contributed by atoms with van der Waals surface area (Å²) in [6.45, 7) is 1.44. The van der Waals surface area contributed by atoms with E-state index in [-0.39, 0.29) is 11.6 Å². The Morgan fingerprint density at radius 1 is 1.00 bits per heavy atom. The Morgan fingerprint density at radius 2 is 1.71 bits per heavy atom. The minimum Gasteiger partial charge on any atom is -0.477 e. The van der Waals surface area contributed by atoms with Crippen molar-refractivity contribution in [1.29, 1.82) is 0 Å². The summed E-state index contributed by atoms with van der Waals surface area (Å²) in [5.74, 6) is -1.28. The van der Waals surface area contributed by atoms with Gasteiger partial charge < -0.3 is 10.4 Å². The molecular weight excluding hydrogens is 356 g/mol. The summed E-state index contributed by atoms with van der Waals surface area (Å²) in [5, 5.41) is 20.1. The number of carboxylic acids is 1. The van der Waals surface area contributed by atoms with Crippen molar-refractivity contribution < 1.29 is 14.7 Å². The van der Waals surface area contributed by atoms with E-state index in [1.807, 2.05) is 42.5 Å². The molecule has 4 aromatic rings. The lowest BCUT2D eigenvalue weighted by atomic mass is 9.98. The highest BCUT2D eigenvalue weighted by atomic mass is 16.4. The fourth-order valence-electron chi connectivity index (χ4n) is 3.11. The Morgan fingerprint density at radius 3 is 2.36 bits per heavy atom. The van der Waals surface area contributed by atoms with E-state index in [9.17, 15) is 14.7 Å². The first-order valence-corrected chi connectivity index (χ1v) is 8.59. The first kappa shape index (κ1) is 17.4. The number of hydrogen-bond acceptors (Lipinski definition) is 4. The number of carbonyl (C=O) groups excluding carboxylic acids is 1. The third-order valence-corrected chi connectivity index (χ3v) is 4.32. The standard InChI is InChI=1S/C21H16N4O3/c1-12(26)22-15-9-7-13(8-10-15)16-11-17(21(27)28)23-20-18(16)19(24-25-20)14-5-3-2-4-6-14/h2-11H,1H3,(H,22,26)(H,27,28)(H,23,24,25). The minimum absolute atomic E-state index is 0.0838. The lowest BCUT2D eigenvalue weighted by molar-refractivity contribution is -0.114. The molecule has 0 aliphatic rings. The van der Waals surface area contributed by atoms with Gasteiger partial charge in [-0.1, -0.05) is 42.5 Å². The number of aromatic carboxylic acids is 1. The van der Waals surface area contributed by atoms with Crippen molar-refractivity contribution in [3.8, 4) is 22.4 Å². The first-order valence-electron chi connectivity index (χ1n) is 8.59. The number of pyridine rings is 1. The molecule has 3 N–H and O–H groups in total. The van der Waals surface area contributed by atoms with Crippen LogP contribution in [0.15, 0.2) is 60.7 Å². The molecule has 28 heavy (non-hydrogen) atoms. The van der Waals surface area contributed by atoms with Crippen molar-refractivity contribution in [2.75, 3.05) is 5.32 Å². The number of aromatic nitrogens is 3. The predicted octanol–water partition coefficient (Wildman–Crippen LogP) is 3.95. The first-order chi connectivity index (χ1) is 13.5. The number of nitrogens with one attached hydrogen (secondary N) is 2. The second-order valence-electron chi connectivity index (χ2n) is 6.28. The quantitative estimate of drug-likeness (QED) is 0.503. The van der Waals surface area contributed by atoms with Gasteiger partial charge in [-0.2, -0.15) is 5.10 Å².